The molecular formula is C30H31F6NO5. The van der Waals surface area contributed by atoms with E-state index in [0.29, 0.717) is 41.9 Å². The van der Waals surface area contributed by atoms with Gasteiger partial charge in [-0.25, -0.2) is 9.59 Å². The number of esters is 1. The highest BCUT2D eigenvalue weighted by Gasteiger charge is 2.44. The quantitative estimate of drug-likeness (QED) is 0.248. The van der Waals surface area contributed by atoms with E-state index in [-0.39, 0.29) is 18.0 Å². The summed E-state index contributed by atoms with van der Waals surface area (Å²) in [7, 11) is 2.75. The summed E-state index contributed by atoms with van der Waals surface area (Å²) in [5, 5.41) is 0. The molecule has 0 radical (unpaired) electrons. The monoisotopic (exact) mass is 599 g/mol. The maximum atomic E-state index is 13.5. The largest absolute Gasteiger partial charge is 0.496 e. The molecule has 0 N–H and O–H groups in total. The van der Waals surface area contributed by atoms with Gasteiger partial charge in [0.25, 0.3) is 0 Å². The molecule has 2 atom stereocenters. The number of benzene rings is 2. The molecule has 1 saturated heterocycles. The number of amides is 1. The van der Waals surface area contributed by atoms with Crippen molar-refractivity contribution in [3.63, 3.8) is 0 Å². The average molecular weight is 600 g/mol. The molecule has 12 heteroatoms. The third-order valence-electron chi connectivity index (χ3n) is 7.81. The lowest BCUT2D eigenvalue weighted by Crippen LogP contribution is -2.35. The minimum absolute atomic E-state index is 0.0198. The second-order valence-corrected chi connectivity index (χ2v) is 11.3. The van der Waals surface area contributed by atoms with Crippen molar-refractivity contribution < 1.29 is 50.1 Å². The molecule has 1 fully saturated rings. The molecule has 228 valence electrons. The van der Waals surface area contributed by atoms with Crippen molar-refractivity contribution in [2.24, 2.45) is 5.41 Å². The predicted octanol–water partition coefficient (Wildman–Crippen LogP) is 8.07. The smallest absolute Gasteiger partial charge is 0.416 e. The van der Waals surface area contributed by atoms with Crippen molar-refractivity contribution in [3.8, 4) is 5.75 Å². The van der Waals surface area contributed by atoms with Crippen LogP contribution in [-0.4, -0.2) is 43.8 Å². The van der Waals surface area contributed by atoms with E-state index in [4.69, 9.17) is 14.2 Å². The number of allylic oxidation sites excluding steroid dienone is 1. The van der Waals surface area contributed by atoms with Gasteiger partial charge in [-0.05, 0) is 84.7 Å². The average Bonchev–Trinajstić information content (AvgIpc) is 3.19. The second kappa shape index (κ2) is 11.2. The van der Waals surface area contributed by atoms with Crippen LogP contribution in [0.25, 0.3) is 5.57 Å². The van der Waals surface area contributed by atoms with Crippen molar-refractivity contribution in [3.05, 3.63) is 69.8 Å². The van der Waals surface area contributed by atoms with E-state index in [1.807, 2.05) is 0 Å². The van der Waals surface area contributed by atoms with Gasteiger partial charge in [0.15, 0.2) is 0 Å². The van der Waals surface area contributed by atoms with Gasteiger partial charge in [0.05, 0.1) is 37.0 Å². The first-order valence-electron chi connectivity index (χ1n) is 13.2. The maximum absolute atomic E-state index is 13.5. The second-order valence-electron chi connectivity index (χ2n) is 11.3. The Morgan fingerprint density at radius 1 is 1.02 bits per heavy atom. The van der Waals surface area contributed by atoms with Gasteiger partial charge in [-0.3, -0.25) is 4.90 Å². The zero-order valence-corrected chi connectivity index (χ0v) is 23.7. The lowest BCUT2D eigenvalue weighted by atomic mass is 9.72. The first-order valence-corrected chi connectivity index (χ1v) is 13.2. The van der Waals surface area contributed by atoms with Crippen molar-refractivity contribution in [1.82, 2.24) is 4.90 Å². The minimum Gasteiger partial charge on any atom is -0.496 e. The summed E-state index contributed by atoms with van der Waals surface area (Å²) in [6.45, 7) is 5.66. The molecular weight excluding hydrogens is 568 g/mol. The predicted molar refractivity (Wildman–Crippen MR) is 141 cm³/mol. The number of rotatable bonds is 6. The third-order valence-corrected chi connectivity index (χ3v) is 7.81. The topological polar surface area (TPSA) is 65.1 Å². The van der Waals surface area contributed by atoms with Gasteiger partial charge in [0.2, 0.25) is 0 Å². The number of methoxy groups -OCH3 is 2. The van der Waals surface area contributed by atoms with Crippen LogP contribution in [0, 0.1) is 5.41 Å². The highest BCUT2D eigenvalue weighted by Crippen LogP contribution is 2.46. The van der Waals surface area contributed by atoms with E-state index >= 15 is 0 Å². The number of cyclic esters (lactones) is 1. The van der Waals surface area contributed by atoms with Crippen LogP contribution in [0.2, 0.25) is 0 Å². The summed E-state index contributed by atoms with van der Waals surface area (Å²) in [6, 6.07) is 5.18. The summed E-state index contributed by atoms with van der Waals surface area (Å²) in [6.07, 6.45) is -10.4. The van der Waals surface area contributed by atoms with Gasteiger partial charge in [0, 0.05) is 12.1 Å². The van der Waals surface area contributed by atoms with Crippen LogP contribution in [0.15, 0.2) is 42.0 Å². The van der Waals surface area contributed by atoms with Crippen molar-refractivity contribution in [2.75, 3.05) is 20.8 Å². The van der Waals surface area contributed by atoms with E-state index in [1.165, 1.54) is 26.0 Å². The maximum Gasteiger partial charge on any atom is 0.416 e. The molecule has 0 aromatic heterocycles. The van der Waals surface area contributed by atoms with Crippen LogP contribution in [0.5, 0.6) is 5.75 Å². The van der Waals surface area contributed by atoms with Crippen molar-refractivity contribution >= 4 is 17.6 Å². The molecule has 1 heterocycles. The fraction of sp³-hybridized carbons (Fsp3) is 0.467. The molecule has 0 unspecified atom stereocenters. The number of alkyl halides is 6. The standard InChI is InChI=1S/C30H31F6NO5/c1-16-25(18-10-20(29(31,32)33)13-21(11-18)30(34,35)36)42-27(39)37(16)15-19-14-28(2,3)9-8-22(19)23-12-17(26(38)41-5)6-7-24(23)40-4/h6-7,10-13,16,25H,8-9,14-15H2,1-5H3/t16-,25-/m0/s1. The summed E-state index contributed by atoms with van der Waals surface area (Å²) >= 11 is 0. The molecule has 6 nitrogen and oxygen atoms in total. The molecule has 42 heavy (non-hydrogen) atoms. The van der Waals surface area contributed by atoms with Gasteiger partial charge in [0.1, 0.15) is 11.9 Å². The fourth-order valence-corrected chi connectivity index (χ4v) is 5.59. The van der Waals surface area contributed by atoms with Gasteiger partial charge in [-0.2, -0.15) is 26.3 Å². The molecule has 0 saturated carbocycles. The zero-order chi connectivity index (χ0) is 31.2. The van der Waals surface area contributed by atoms with Crippen LogP contribution in [0.3, 0.4) is 0 Å². The Morgan fingerprint density at radius 2 is 1.64 bits per heavy atom. The summed E-state index contributed by atoms with van der Waals surface area (Å²) < 4.78 is 96.8. The number of ether oxygens (including phenoxy) is 3. The van der Waals surface area contributed by atoms with Gasteiger partial charge in [-0.15, -0.1) is 0 Å². The Bertz CT molecular complexity index is 1380. The van der Waals surface area contributed by atoms with E-state index in [2.05, 4.69) is 13.8 Å². The normalized spacial score (nSPS) is 20.9. The van der Waals surface area contributed by atoms with Crippen LogP contribution in [0.1, 0.15) is 78.7 Å². The summed E-state index contributed by atoms with van der Waals surface area (Å²) in [4.78, 5) is 26.6. The van der Waals surface area contributed by atoms with Gasteiger partial charge >= 0.3 is 24.4 Å². The molecule has 2 aromatic rings. The van der Waals surface area contributed by atoms with E-state index < -0.39 is 53.3 Å². The van der Waals surface area contributed by atoms with E-state index in [0.717, 1.165) is 17.6 Å². The number of halogens is 6. The minimum atomic E-state index is -5.03. The Hall–Kier alpha value is -3.70. The lowest BCUT2D eigenvalue weighted by molar-refractivity contribution is -0.143. The van der Waals surface area contributed by atoms with E-state index in [9.17, 15) is 35.9 Å². The number of carbonyl (C=O) groups excluding carboxylic acids is 2. The number of nitrogens with zero attached hydrogens (tertiary/aromatic N) is 1. The SMILES string of the molecule is COC(=O)c1ccc(OC)c(C2=C(CN3C(=O)O[C@H](c4cc(C(F)(F)F)cc(C(F)(F)F)c4)[C@@H]3C)CC(C)(C)CC2)c1. The highest BCUT2D eigenvalue weighted by molar-refractivity contribution is 5.91. The molecule has 1 aliphatic carbocycles. The Kier molecular flexibility index (Phi) is 8.32. The Morgan fingerprint density at radius 3 is 2.19 bits per heavy atom. The van der Waals surface area contributed by atoms with Crippen LogP contribution in [-0.2, 0) is 21.8 Å². The molecule has 1 aliphatic heterocycles. The number of hydrogen-bond acceptors (Lipinski definition) is 5. The molecule has 4 rings (SSSR count). The number of carbonyl (C=O) groups is 2. The van der Waals surface area contributed by atoms with E-state index in [1.54, 1.807) is 18.2 Å². The molecule has 0 bridgehead atoms. The van der Waals surface area contributed by atoms with Crippen molar-refractivity contribution in [1.29, 1.82) is 0 Å². The van der Waals surface area contributed by atoms with Crippen LogP contribution in [0.4, 0.5) is 31.1 Å². The highest BCUT2D eigenvalue weighted by atomic mass is 19.4. The Balaban J connectivity index is 1.75. The first kappa shape index (κ1) is 31.2. The van der Waals surface area contributed by atoms with Gasteiger partial charge < -0.3 is 14.2 Å². The third kappa shape index (κ3) is 6.37. The molecule has 0 spiro atoms. The van der Waals surface area contributed by atoms with Crippen LogP contribution < -0.4 is 4.74 Å². The van der Waals surface area contributed by atoms with Gasteiger partial charge in [-0.1, -0.05) is 13.8 Å². The molecule has 1 amide bonds. The van der Waals surface area contributed by atoms with Crippen LogP contribution >= 0.6 is 0 Å². The number of hydrogen-bond donors (Lipinski definition) is 0. The summed E-state index contributed by atoms with van der Waals surface area (Å²) in [5.41, 5.74) is -0.947. The Labute approximate surface area is 239 Å². The fourth-order valence-electron chi connectivity index (χ4n) is 5.59. The molecule has 2 aliphatic rings. The molecule has 2 aromatic carbocycles. The lowest BCUT2D eigenvalue weighted by Gasteiger charge is -2.36. The zero-order valence-electron chi connectivity index (χ0n) is 23.7. The summed E-state index contributed by atoms with van der Waals surface area (Å²) in [5.74, 6) is -0.0514. The first-order chi connectivity index (χ1) is 19.4. The van der Waals surface area contributed by atoms with Crippen molar-refractivity contribution in [2.45, 2.75) is 64.5 Å².